The van der Waals surface area contributed by atoms with E-state index in [1.54, 1.807) is 18.4 Å². The lowest BCUT2D eigenvalue weighted by atomic mass is 10.1. The largest absolute Gasteiger partial charge is 0.449 e. The molecule has 3 rings (SSSR count). The molecular weight excluding hydrogens is 260 g/mol. The topological polar surface area (TPSA) is 49.8 Å². The first kappa shape index (κ1) is 14.5. The SMILES string of the molecule is Cc1nc(C2C=CC=C(C#N)C=C2)co1.c1ccccc1. The lowest BCUT2D eigenvalue weighted by molar-refractivity contribution is 0.520. The lowest BCUT2D eigenvalue weighted by Crippen LogP contribution is -1.90. The van der Waals surface area contributed by atoms with Crippen LogP contribution >= 0.6 is 0 Å². The van der Waals surface area contributed by atoms with Gasteiger partial charge in [0.05, 0.1) is 17.3 Å². The lowest BCUT2D eigenvalue weighted by Gasteiger charge is -1.99. The van der Waals surface area contributed by atoms with E-state index < -0.39 is 0 Å². The van der Waals surface area contributed by atoms with E-state index in [0.29, 0.717) is 11.5 Å². The number of allylic oxidation sites excluding steroid dienone is 6. The summed E-state index contributed by atoms with van der Waals surface area (Å²) in [5.41, 5.74) is 1.52. The van der Waals surface area contributed by atoms with E-state index in [1.165, 1.54) is 0 Å². The van der Waals surface area contributed by atoms with Crippen LogP contribution in [0.1, 0.15) is 17.5 Å². The third-order valence-corrected chi connectivity index (χ3v) is 2.85. The average molecular weight is 276 g/mol. The smallest absolute Gasteiger partial charge is 0.191 e. The predicted octanol–water partition coefficient (Wildman–Crippen LogP) is 4.33. The van der Waals surface area contributed by atoms with Gasteiger partial charge in [-0.2, -0.15) is 5.26 Å². The molecule has 0 radical (unpaired) electrons. The van der Waals surface area contributed by atoms with Crippen molar-refractivity contribution in [1.82, 2.24) is 4.98 Å². The van der Waals surface area contributed by atoms with Gasteiger partial charge in [-0.25, -0.2) is 4.98 Å². The summed E-state index contributed by atoms with van der Waals surface area (Å²) < 4.78 is 5.15. The predicted molar refractivity (Wildman–Crippen MR) is 82.4 cm³/mol. The molecule has 0 amide bonds. The summed E-state index contributed by atoms with van der Waals surface area (Å²) >= 11 is 0. The van der Waals surface area contributed by atoms with Crippen LogP contribution in [0.15, 0.2) is 83.0 Å². The van der Waals surface area contributed by atoms with Gasteiger partial charge in [0, 0.05) is 12.8 Å². The number of rotatable bonds is 1. The van der Waals surface area contributed by atoms with E-state index in [1.807, 2.05) is 61.5 Å². The third-order valence-electron chi connectivity index (χ3n) is 2.85. The number of oxazole rings is 1. The minimum atomic E-state index is 0.0875. The molecule has 1 aromatic carbocycles. The maximum absolute atomic E-state index is 8.74. The minimum Gasteiger partial charge on any atom is -0.449 e. The van der Waals surface area contributed by atoms with Crippen molar-refractivity contribution in [2.45, 2.75) is 12.8 Å². The zero-order valence-corrected chi connectivity index (χ0v) is 11.8. The van der Waals surface area contributed by atoms with Crippen LogP contribution < -0.4 is 0 Å². The fourth-order valence-corrected chi connectivity index (χ4v) is 1.80. The van der Waals surface area contributed by atoms with Gasteiger partial charge >= 0.3 is 0 Å². The van der Waals surface area contributed by atoms with Crippen molar-refractivity contribution in [2.75, 3.05) is 0 Å². The van der Waals surface area contributed by atoms with Gasteiger partial charge in [-0.1, -0.05) is 54.6 Å². The van der Waals surface area contributed by atoms with Gasteiger partial charge < -0.3 is 4.42 Å². The summed E-state index contributed by atoms with van der Waals surface area (Å²) in [5.74, 6) is 0.745. The molecule has 1 aliphatic rings. The second kappa shape index (κ2) is 7.66. The van der Waals surface area contributed by atoms with Crippen molar-refractivity contribution in [3.05, 3.63) is 90.2 Å². The Morgan fingerprint density at radius 2 is 1.76 bits per heavy atom. The van der Waals surface area contributed by atoms with Crippen molar-refractivity contribution >= 4 is 0 Å². The molecule has 0 saturated carbocycles. The van der Waals surface area contributed by atoms with Crippen LogP contribution in [-0.2, 0) is 0 Å². The Bertz CT molecular complexity index is 661. The van der Waals surface area contributed by atoms with Crippen LogP contribution in [0.5, 0.6) is 0 Å². The summed E-state index contributed by atoms with van der Waals surface area (Å²) in [7, 11) is 0. The standard InChI is InChI=1S/C12H10N2O.C6H6/c1-9-14-12(8-15-9)11-4-2-3-10(7-13)5-6-11;1-2-4-6-5-3-1/h2-6,8,11H,1H3;1-6H. The number of nitrogens with zero attached hydrogens (tertiary/aromatic N) is 2. The Kier molecular flexibility index (Phi) is 5.31. The van der Waals surface area contributed by atoms with Crippen LogP contribution in [-0.4, -0.2) is 4.98 Å². The molecule has 2 aromatic rings. The fraction of sp³-hybridized carbons (Fsp3) is 0.111. The zero-order valence-electron chi connectivity index (χ0n) is 11.8. The highest BCUT2D eigenvalue weighted by molar-refractivity contribution is 5.41. The Hall–Kier alpha value is -2.86. The van der Waals surface area contributed by atoms with Gasteiger partial charge in [0.25, 0.3) is 0 Å². The summed E-state index contributed by atoms with van der Waals surface area (Å²) in [5, 5.41) is 8.74. The molecule has 1 unspecified atom stereocenters. The molecule has 1 aromatic heterocycles. The van der Waals surface area contributed by atoms with Gasteiger partial charge in [-0.3, -0.25) is 0 Å². The van der Waals surface area contributed by atoms with Crippen LogP contribution in [0, 0.1) is 18.3 Å². The molecule has 1 atom stereocenters. The Morgan fingerprint density at radius 1 is 1.10 bits per heavy atom. The van der Waals surface area contributed by atoms with Crippen molar-refractivity contribution in [2.24, 2.45) is 0 Å². The monoisotopic (exact) mass is 276 g/mol. The number of benzene rings is 1. The van der Waals surface area contributed by atoms with E-state index >= 15 is 0 Å². The maximum Gasteiger partial charge on any atom is 0.191 e. The van der Waals surface area contributed by atoms with Crippen molar-refractivity contribution in [3.8, 4) is 6.07 Å². The molecule has 1 heterocycles. The van der Waals surface area contributed by atoms with Crippen LogP contribution in [0.25, 0.3) is 0 Å². The third kappa shape index (κ3) is 4.63. The molecule has 1 aliphatic carbocycles. The van der Waals surface area contributed by atoms with Gasteiger partial charge in [-0.05, 0) is 12.2 Å². The van der Waals surface area contributed by atoms with Gasteiger partial charge in [0.15, 0.2) is 5.89 Å². The van der Waals surface area contributed by atoms with E-state index in [2.05, 4.69) is 11.1 Å². The molecule has 0 spiro atoms. The molecule has 0 fully saturated rings. The minimum absolute atomic E-state index is 0.0875. The van der Waals surface area contributed by atoms with Crippen molar-refractivity contribution < 1.29 is 4.42 Å². The first-order valence-electron chi connectivity index (χ1n) is 6.68. The van der Waals surface area contributed by atoms with Crippen molar-refractivity contribution in [3.63, 3.8) is 0 Å². The average Bonchev–Trinajstić information content (AvgIpc) is 2.83. The first-order chi connectivity index (χ1) is 10.3. The quantitative estimate of drug-likeness (QED) is 0.779. The molecule has 3 heteroatoms. The molecule has 104 valence electrons. The second-order valence-corrected chi connectivity index (χ2v) is 4.45. The molecule has 0 saturated heterocycles. The number of aryl methyl sites for hydroxylation is 1. The van der Waals surface area contributed by atoms with E-state index in [-0.39, 0.29) is 5.92 Å². The molecule has 0 aliphatic heterocycles. The zero-order chi connectivity index (χ0) is 14.9. The highest BCUT2D eigenvalue weighted by atomic mass is 16.3. The maximum atomic E-state index is 8.74. The summed E-state index contributed by atoms with van der Waals surface area (Å²) in [4.78, 5) is 4.25. The summed E-state index contributed by atoms with van der Waals surface area (Å²) in [6.07, 6.45) is 11.0. The number of nitriles is 1. The highest BCUT2D eigenvalue weighted by Gasteiger charge is 2.10. The van der Waals surface area contributed by atoms with Gasteiger partial charge in [-0.15, -0.1) is 0 Å². The number of hydrogen-bond acceptors (Lipinski definition) is 3. The van der Waals surface area contributed by atoms with Crippen LogP contribution in [0.2, 0.25) is 0 Å². The Balaban J connectivity index is 0.000000225. The number of aromatic nitrogens is 1. The second-order valence-electron chi connectivity index (χ2n) is 4.45. The van der Waals surface area contributed by atoms with Gasteiger partial charge in [0.2, 0.25) is 0 Å². The first-order valence-corrected chi connectivity index (χ1v) is 6.68. The number of hydrogen-bond donors (Lipinski definition) is 0. The summed E-state index contributed by atoms with van der Waals surface area (Å²) in [6.45, 7) is 1.81. The summed E-state index contributed by atoms with van der Waals surface area (Å²) in [6, 6.07) is 14.1. The van der Waals surface area contributed by atoms with Gasteiger partial charge in [0.1, 0.15) is 6.26 Å². The molecule has 21 heavy (non-hydrogen) atoms. The normalized spacial score (nSPS) is 16.2. The fourth-order valence-electron chi connectivity index (χ4n) is 1.80. The van der Waals surface area contributed by atoms with E-state index in [4.69, 9.17) is 9.68 Å². The van der Waals surface area contributed by atoms with Crippen LogP contribution in [0.3, 0.4) is 0 Å². The van der Waals surface area contributed by atoms with Crippen molar-refractivity contribution in [1.29, 1.82) is 5.26 Å². The van der Waals surface area contributed by atoms with Crippen LogP contribution in [0.4, 0.5) is 0 Å². The molecule has 0 bridgehead atoms. The molecular formula is C18H16N2O. The highest BCUT2D eigenvalue weighted by Crippen LogP contribution is 2.21. The molecule has 0 N–H and O–H groups in total. The van der Waals surface area contributed by atoms with E-state index in [9.17, 15) is 0 Å². The Morgan fingerprint density at radius 3 is 2.29 bits per heavy atom. The van der Waals surface area contributed by atoms with E-state index in [0.717, 1.165) is 5.69 Å². The Labute approximate surface area is 124 Å². The molecule has 3 nitrogen and oxygen atoms in total.